The van der Waals surface area contributed by atoms with Crippen LogP contribution >= 0.6 is 15.9 Å². The molecule has 0 aliphatic carbocycles. The van der Waals surface area contributed by atoms with E-state index in [-0.39, 0.29) is 11.0 Å². The van der Waals surface area contributed by atoms with Gasteiger partial charge in [0.15, 0.2) is 0 Å². The van der Waals surface area contributed by atoms with E-state index in [4.69, 9.17) is 0 Å². The Morgan fingerprint density at radius 2 is 2.11 bits per heavy atom. The number of aliphatic hydroxyl groups excluding tert-OH is 1. The highest BCUT2D eigenvalue weighted by atomic mass is 79.9. The fraction of sp³-hybridized carbons (Fsp3) is 0.417. The van der Waals surface area contributed by atoms with E-state index in [1.54, 1.807) is 6.92 Å². The highest BCUT2D eigenvalue weighted by Gasteiger charge is 2.35. The SMILES string of the molecule is CCC(O)CNC(=O)c1ccc(Br)cc1C(F)(F)F. The van der Waals surface area contributed by atoms with Crippen LogP contribution in [0.25, 0.3) is 0 Å². The summed E-state index contributed by atoms with van der Waals surface area (Å²) in [5.41, 5.74) is -1.47. The van der Waals surface area contributed by atoms with Crippen LogP contribution in [-0.4, -0.2) is 23.7 Å². The van der Waals surface area contributed by atoms with Crippen LogP contribution in [0, 0.1) is 0 Å². The maximum Gasteiger partial charge on any atom is 0.417 e. The number of rotatable bonds is 4. The minimum atomic E-state index is -4.61. The summed E-state index contributed by atoms with van der Waals surface area (Å²) in [4.78, 5) is 11.7. The topological polar surface area (TPSA) is 49.3 Å². The summed E-state index contributed by atoms with van der Waals surface area (Å²) < 4.78 is 38.7. The average molecular weight is 340 g/mol. The quantitative estimate of drug-likeness (QED) is 0.885. The first-order valence-corrected chi connectivity index (χ1v) is 6.38. The van der Waals surface area contributed by atoms with Crippen LogP contribution in [-0.2, 0) is 6.18 Å². The third kappa shape index (κ3) is 4.50. The number of hydrogen-bond donors (Lipinski definition) is 2. The van der Waals surface area contributed by atoms with Gasteiger partial charge in [0.25, 0.3) is 5.91 Å². The van der Waals surface area contributed by atoms with Gasteiger partial charge >= 0.3 is 6.18 Å². The molecular weight excluding hydrogens is 327 g/mol. The van der Waals surface area contributed by atoms with Gasteiger partial charge < -0.3 is 10.4 Å². The molecule has 0 saturated heterocycles. The van der Waals surface area contributed by atoms with Crippen LogP contribution in [0.4, 0.5) is 13.2 Å². The largest absolute Gasteiger partial charge is 0.417 e. The summed E-state index contributed by atoms with van der Waals surface area (Å²) in [5, 5.41) is 11.6. The van der Waals surface area contributed by atoms with Crippen molar-refractivity contribution in [3.63, 3.8) is 0 Å². The zero-order valence-electron chi connectivity index (χ0n) is 10.1. The van der Waals surface area contributed by atoms with Crippen molar-refractivity contribution in [2.45, 2.75) is 25.6 Å². The van der Waals surface area contributed by atoms with Crippen molar-refractivity contribution < 1.29 is 23.1 Å². The maximum atomic E-state index is 12.8. The molecule has 1 aromatic rings. The Kier molecular flexibility index (Phi) is 5.37. The Morgan fingerprint density at radius 3 is 2.63 bits per heavy atom. The highest BCUT2D eigenvalue weighted by molar-refractivity contribution is 9.10. The fourth-order valence-electron chi connectivity index (χ4n) is 1.40. The second kappa shape index (κ2) is 6.38. The number of nitrogens with one attached hydrogen (secondary N) is 1. The lowest BCUT2D eigenvalue weighted by Crippen LogP contribution is -2.33. The average Bonchev–Trinajstić information content (AvgIpc) is 2.34. The fourth-order valence-corrected chi connectivity index (χ4v) is 1.76. The van der Waals surface area contributed by atoms with E-state index in [1.807, 2.05) is 0 Å². The van der Waals surface area contributed by atoms with Crippen LogP contribution in [0.3, 0.4) is 0 Å². The van der Waals surface area contributed by atoms with Crippen LogP contribution in [0.1, 0.15) is 29.3 Å². The summed E-state index contributed by atoms with van der Waals surface area (Å²) in [6, 6.07) is 3.31. The summed E-state index contributed by atoms with van der Waals surface area (Å²) >= 11 is 2.94. The minimum Gasteiger partial charge on any atom is -0.391 e. The zero-order chi connectivity index (χ0) is 14.6. The highest BCUT2D eigenvalue weighted by Crippen LogP contribution is 2.33. The normalized spacial score (nSPS) is 13.2. The second-order valence-corrected chi connectivity index (χ2v) is 4.88. The number of aliphatic hydroxyl groups is 1. The Bertz CT molecular complexity index is 463. The van der Waals surface area contributed by atoms with Gasteiger partial charge in [0.2, 0.25) is 0 Å². The molecule has 3 nitrogen and oxygen atoms in total. The van der Waals surface area contributed by atoms with Gasteiger partial charge in [0, 0.05) is 11.0 Å². The molecule has 0 aliphatic heterocycles. The summed E-state index contributed by atoms with van der Waals surface area (Å²) in [6.07, 6.45) is -4.97. The van der Waals surface area contributed by atoms with Crippen molar-refractivity contribution in [1.29, 1.82) is 0 Å². The lowest BCUT2D eigenvalue weighted by molar-refractivity contribution is -0.138. The van der Waals surface area contributed by atoms with Gasteiger partial charge in [-0.05, 0) is 24.6 Å². The number of hydrogen-bond acceptors (Lipinski definition) is 2. The van der Waals surface area contributed by atoms with Gasteiger partial charge in [-0.3, -0.25) is 4.79 Å². The Hall–Kier alpha value is -1.08. The van der Waals surface area contributed by atoms with Gasteiger partial charge in [-0.1, -0.05) is 22.9 Å². The molecule has 0 saturated carbocycles. The van der Waals surface area contributed by atoms with Gasteiger partial charge in [-0.15, -0.1) is 0 Å². The first kappa shape index (κ1) is 16.0. The van der Waals surface area contributed by atoms with E-state index in [2.05, 4.69) is 21.2 Å². The minimum absolute atomic E-state index is 0.0807. The molecular formula is C12H13BrF3NO2. The van der Waals surface area contributed by atoms with Crippen molar-refractivity contribution in [1.82, 2.24) is 5.32 Å². The lowest BCUT2D eigenvalue weighted by atomic mass is 10.1. The van der Waals surface area contributed by atoms with Crippen LogP contribution in [0.15, 0.2) is 22.7 Å². The molecule has 1 atom stereocenters. The molecule has 106 valence electrons. The summed E-state index contributed by atoms with van der Waals surface area (Å²) in [5.74, 6) is -0.854. The molecule has 0 aliphatic rings. The summed E-state index contributed by atoms with van der Waals surface area (Å²) in [7, 11) is 0. The number of carbonyl (C=O) groups excluding carboxylic acids is 1. The van der Waals surface area contributed by atoms with E-state index in [9.17, 15) is 23.1 Å². The number of alkyl halides is 3. The molecule has 1 aromatic carbocycles. The summed E-state index contributed by atoms with van der Waals surface area (Å²) in [6.45, 7) is 1.63. The lowest BCUT2D eigenvalue weighted by Gasteiger charge is -2.14. The molecule has 0 spiro atoms. The van der Waals surface area contributed by atoms with Crippen molar-refractivity contribution >= 4 is 21.8 Å². The third-order valence-corrected chi connectivity index (χ3v) is 2.99. The number of halogens is 4. The Morgan fingerprint density at radius 1 is 1.47 bits per heavy atom. The molecule has 1 amide bonds. The van der Waals surface area contributed by atoms with Crippen LogP contribution in [0.5, 0.6) is 0 Å². The Balaban J connectivity index is 2.97. The third-order valence-electron chi connectivity index (χ3n) is 2.50. The molecule has 0 bridgehead atoms. The van der Waals surface area contributed by atoms with Crippen molar-refractivity contribution in [3.05, 3.63) is 33.8 Å². The van der Waals surface area contributed by atoms with E-state index >= 15 is 0 Å². The molecule has 0 fully saturated rings. The first-order chi connectivity index (χ1) is 8.75. The molecule has 0 aromatic heterocycles. The molecule has 1 rings (SSSR count). The molecule has 19 heavy (non-hydrogen) atoms. The monoisotopic (exact) mass is 339 g/mol. The van der Waals surface area contributed by atoms with E-state index in [0.717, 1.165) is 12.1 Å². The molecule has 0 radical (unpaired) electrons. The van der Waals surface area contributed by atoms with E-state index in [0.29, 0.717) is 6.42 Å². The number of amides is 1. The Labute approximate surface area is 116 Å². The molecule has 1 unspecified atom stereocenters. The predicted octanol–water partition coefficient (Wildman–Crippen LogP) is 2.97. The van der Waals surface area contributed by atoms with Crippen molar-refractivity contribution in [2.75, 3.05) is 6.54 Å². The van der Waals surface area contributed by atoms with Crippen molar-refractivity contribution in [2.24, 2.45) is 0 Å². The number of carbonyl (C=O) groups is 1. The number of benzene rings is 1. The predicted molar refractivity (Wildman–Crippen MR) is 67.8 cm³/mol. The van der Waals surface area contributed by atoms with Gasteiger partial charge in [-0.2, -0.15) is 13.2 Å². The van der Waals surface area contributed by atoms with E-state index in [1.165, 1.54) is 6.07 Å². The van der Waals surface area contributed by atoms with Crippen LogP contribution < -0.4 is 5.32 Å². The standard InChI is InChI=1S/C12H13BrF3NO2/c1-2-8(18)6-17-11(19)9-4-3-7(13)5-10(9)12(14,15)16/h3-5,8,18H,2,6H2,1H3,(H,17,19). The smallest absolute Gasteiger partial charge is 0.391 e. The van der Waals surface area contributed by atoms with Crippen LogP contribution in [0.2, 0.25) is 0 Å². The van der Waals surface area contributed by atoms with Gasteiger partial charge in [0.1, 0.15) is 0 Å². The zero-order valence-corrected chi connectivity index (χ0v) is 11.7. The molecule has 7 heteroatoms. The maximum absolute atomic E-state index is 12.8. The van der Waals surface area contributed by atoms with E-state index < -0.39 is 29.3 Å². The van der Waals surface area contributed by atoms with Gasteiger partial charge in [0.05, 0.1) is 17.2 Å². The molecule has 0 heterocycles. The molecule has 2 N–H and O–H groups in total. The van der Waals surface area contributed by atoms with Crippen molar-refractivity contribution in [3.8, 4) is 0 Å². The second-order valence-electron chi connectivity index (χ2n) is 3.96. The van der Waals surface area contributed by atoms with Gasteiger partial charge in [-0.25, -0.2) is 0 Å². The first-order valence-electron chi connectivity index (χ1n) is 5.58.